The quantitative estimate of drug-likeness (QED) is 0.0916. The number of aromatic nitrogens is 4. The van der Waals surface area contributed by atoms with Crippen LogP contribution in [0.25, 0.3) is 27.8 Å². The van der Waals surface area contributed by atoms with Crippen LogP contribution in [0.4, 0.5) is 11.4 Å². The molecule has 17 nitrogen and oxygen atoms in total. The fourth-order valence-corrected chi connectivity index (χ4v) is 8.11. The highest BCUT2D eigenvalue weighted by atomic mass is 35.5. The molecule has 22 heteroatoms. The minimum Gasteiger partial charge on any atom is -0.399 e. The number of nitrogens with one attached hydrogen (secondary N) is 1. The molecule has 1 aliphatic heterocycles. The van der Waals surface area contributed by atoms with E-state index in [1.165, 1.54) is 46.9 Å². The Bertz CT molecular complexity index is 2610. The third-order valence-corrected chi connectivity index (χ3v) is 13.9. The van der Waals surface area contributed by atoms with Crippen molar-refractivity contribution in [2.75, 3.05) is 59.3 Å². The second-order valence-electron chi connectivity index (χ2n) is 15.0. The highest BCUT2D eigenvalue weighted by Gasteiger charge is 2.52. The van der Waals surface area contributed by atoms with Crippen LogP contribution in [0.1, 0.15) is 27.7 Å². The summed E-state index contributed by atoms with van der Waals surface area (Å²) in [5.41, 5.74) is 2.86. The third-order valence-electron chi connectivity index (χ3n) is 10.4. The first-order valence-corrected chi connectivity index (χ1v) is 22.1. The molecule has 322 valence electrons. The fraction of sp³-hybridized carbons (Fsp3) is 0.368. The van der Waals surface area contributed by atoms with E-state index in [-0.39, 0.29) is 53.5 Å². The van der Waals surface area contributed by atoms with Crippen molar-refractivity contribution in [1.29, 1.82) is 0 Å². The maximum atomic E-state index is 12.7. The fourth-order valence-electron chi connectivity index (χ4n) is 5.91. The third kappa shape index (κ3) is 10.2. The van der Waals surface area contributed by atoms with Gasteiger partial charge in [-0.1, -0.05) is 47.5 Å². The van der Waals surface area contributed by atoms with E-state index in [0.717, 1.165) is 4.31 Å². The maximum absolute atomic E-state index is 12.7. The Kier molecular flexibility index (Phi) is 14.5. The number of rotatable bonds is 14. The van der Waals surface area contributed by atoms with Gasteiger partial charge >= 0.3 is 27.5 Å². The average molecular weight is 907 g/mol. The largest absolute Gasteiger partial charge is 0.496 e. The number of halogens is 2. The van der Waals surface area contributed by atoms with Crippen LogP contribution >= 0.6 is 23.2 Å². The van der Waals surface area contributed by atoms with Gasteiger partial charge in [0.15, 0.2) is 16.0 Å². The number of hydrogen-bond acceptors (Lipinski definition) is 12. The van der Waals surface area contributed by atoms with Crippen LogP contribution < -0.4 is 24.8 Å². The number of nitrogens with two attached hydrogens (primary N) is 1. The van der Waals surface area contributed by atoms with Crippen molar-refractivity contribution in [3.8, 4) is 16.8 Å². The standard InChI is InChI=1S/C23H22ClN5O4S.C15H26BClN3O5S/c1-28(10-11-33-2)34(31,32)27-20-12-17(14-26-23(20)24)16-8-9-19-21(13-16)29(22(30)15-25-19)18-6-4-3-5-7-18;1-14(2)15(3,4)25-16(24-14)11-9-12(13(17)19-10-11)20(5,7-8-23-6)26(18,21)22/h3-9,12-15,27H,10-11H2,1-2H3;9-10H,7-8H2,1-6H3,(H2,18,21,22)/q;+1. The molecule has 6 rings (SSSR count). The number of ether oxygens (including phenoxy) is 2. The molecule has 3 aromatic heterocycles. The zero-order chi connectivity index (χ0) is 44.3. The normalized spacial score (nSPS) is 16.0. The Morgan fingerprint density at radius 3 is 2.12 bits per heavy atom. The summed E-state index contributed by atoms with van der Waals surface area (Å²) in [4.78, 5) is 25.2. The molecular weight excluding hydrogens is 858 g/mol. The van der Waals surface area contributed by atoms with E-state index in [1.807, 2.05) is 70.2 Å². The van der Waals surface area contributed by atoms with Crippen molar-refractivity contribution in [2.24, 2.45) is 5.14 Å². The number of likely N-dealkylation sites (N-methyl/N-ethyl adjacent to an activating group) is 2. The molecule has 0 spiro atoms. The number of quaternary nitrogens is 1. The molecule has 1 aliphatic rings. The van der Waals surface area contributed by atoms with Crippen LogP contribution in [0.3, 0.4) is 0 Å². The van der Waals surface area contributed by atoms with Crippen molar-refractivity contribution >= 4 is 78.6 Å². The summed E-state index contributed by atoms with van der Waals surface area (Å²) in [6, 6.07) is 17.9. The van der Waals surface area contributed by atoms with Gasteiger partial charge in [-0.25, -0.2) is 15.0 Å². The molecule has 5 aromatic rings. The molecule has 1 fully saturated rings. The lowest BCUT2D eigenvalue weighted by atomic mass is 9.80. The Morgan fingerprint density at radius 1 is 0.867 bits per heavy atom. The van der Waals surface area contributed by atoms with E-state index in [2.05, 4.69) is 19.7 Å². The van der Waals surface area contributed by atoms with Gasteiger partial charge in [-0.2, -0.15) is 30.2 Å². The number of fused-ring (bicyclic) bond motifs is 1. The number of pyridine rings is 2. The van der Waals surface area contributed by atoms with Gasteiger partial charge in [-0.15, -0.1) is 0 Å². The van der Waals surface area contributed by atoms with E-state index in [9.17, 15) is 21.6 Å². The van der Waals surface area contributed by atoms with Gasteiger partial charge in [0, 0.05) is 63.0 Å². The van der Waals surface area contributed by atoms with Crippen molar-refractivity contribution in [3.05, 3.63) is 99.9 Å². The highest BCUT2D eigenvalue weighted by Crippen LogP contribution is 2.38. The van der Waals surface area contributed by atoms with E-state index >= 15 is 0 Å². The first-order valence-electron chi connectivity index (χ1n) is 18.4. The van der Waals surface area contributed by atoms with Crippen molar-refractivity contribution in [1.82, 2.24) is 27.7 Å². The molecule has 1 atom stereocenters. The molecule has 60 heavy (non-hydrogen) atoms. The average Bonchev–Trinajstić information content (AvgIpc) is 3.42. The van der Waals surface area contributed by atoms with Crippen LogP contribution in [0.2, 0.25) is 10.3 Å². The summed E-state index contributed by atoms with van der Waals surface area (Å²) in [6.45, 7) is 8.39. The van der Waals surface area contributed by atoms with E-state index in [0.29, 0.717) is 33.3 Å². The van der Waals surface area contributed by atoms with Crippen LogP contribution in [0.5, 0.6) is 0 Å². The molecule has 4 heterocycles. The van der Waals surface area contributed by atoms with Crippen molar-refractivity contribution < 1.29 is 35.6 Å². The predicted octanol–water partition coefficient (Wildman–Crippen LogP) is 4.16. The summed E-state index contributed by atoms with van der Waals surface area (Å²) < 4.78 is 76.4. The molecule has 1 saturated heterocycles. The molecule has 0 aliphatic carbocycles. The van der Waals surface area contributed by atoms with Crippen LogP contribution in [0.15, 0.2) is 84.0 Å². The molecule has 1 unspecified atom stereocenters. The van der Waals surface area contributed by atoms with E-state index in [4.69, 9.17) is 47.1 Å². The Morgan fingerprint density at radius 2 is 1.50 bits per heavy atom. The van der Waals surface area contributed by atoms with Crippen LogP contribution in [-0.4, -0.2) is 114 Å². The predicted molar refractivity (Wildman–Crippen MR) is 235 cm³/mol. The highest BCUT2D eigenvalue weighted by molar-refractivity contribution is 7.90. The summed E-state index contributed by atoms with van der Waals surface area (Å²) >= 11 is 12.4. The lowest BCUT2D eigenvalue weighted by Crippen LogP contribution is -2.56. The maximum Gasteiger partial charge on any atom is 0.496 e. The summed E-state index contributed by atoms with van der Waals surface area (Å²) in [6.07, 6.45) is 4.33. The van der Waals surface area contributed by atoms with Crippen LogP contribution in [0, 0.1) is 0 Å². The Balaban J connectivity index is 0.000000237. The van der Waals surface area contributed by atoms with Gasteiger partial charge in [0.2, 0.25) is 0 Å². The molecule has 3 N–H and O–H groups in total. The Labute approximate surface area is 360 Å². The van der Waals surface area contributed by atoms with E-state index in [1.54, 1.807) is 22.8 Å². The van der Waals surface area contributed by atoms with Crippen LogP contribution in [-0.2, 0) is 39.2 Å². The monoisotopic (exact) mass is 905 g/mol. The molecular formula is C38H48BCl2N8O9S2+. The number of para-hydroxylation sites is 1. The topological polar surface area (TPSA) is 207 Å². The SMILES string of the molecule is COCCN(C)S(=O)(=O)Nc1cc(-c2ccc3ncc(=O)n(-c4ccccc4)c3c2)cnc1Cl.COCC[N+](C)(c1cc(B2OC(C)(C)C(C)(C)O2)cnc1Cl)S(N)(=O)=O. The zero-order valence-corrected chi connectivity index (χ0v) is 37.6. The smallest absolute Gasteiger partial charge is 0.399 e. The number of anilines is 1. The molecule has 0 saturated carbocycles. The molecule has 0 bridgehead atoms. The first-order chi connectivity index (χ1) is 28.0. The van der Waals surface area contributed by atoms with Gasteiger partial charge < -0.3 is 18.8 Å². The summed E-state index contributed by atoms with van der Waals surface area (Å²) in [7, 11) is -2.75. The van der Waals surface area contributed by atoms with Crippen molar-refractivity contribution in [3.63, 3.8) is 0 Å². The minimum atomic E-state index is -4.05. The van der Waals surface area contributed by atoms with Gasteiger partial charge in [-0.3, -0.25) is 14.1 Å². The zero-order valence-electron chi connectivity index (χ0n) is 34.4. The number of benzene rings is 2. The lowest BCUT2D eigenvalue weighted by molar-refractivity contribution is 0.00578. The second-order valence-corrected chi connectivity index (χ2v) is 19.3. The molecule has 0 amide bonds. The second kappa shape index (κ2) is 18.5. The van der Waals surface area contributed by atoms with Gasteiger partial charge in [0.25, 0.3) is 5.56 Å². The van der Waals surface area contributed by atoms with Gasteiger partial charge in [0.1, 0.15) is 6.54 Å². The Hall–Kier alpha value is -4.06. The van der Waals surface area contributed by atoms with E-state index < -0.39 is 42.6 Å². The number of methoxy groups -OCH3 is 2. The number of hydrogen-bond donors (Lipinski definition) is 2. The summed E-state index contributed by atoms with van der Waals surface area (Å²) in [5, 5.41) is 5.54. The molecule has 0 radical (unpaired) electrons. The lowest BCUT2D eigenvalue weighted by Gasteiger charge is -2.32. The minimum absolute atomic E-state index is 0.0103. The number of nitrogens with zero attached hydrogens (tertiary/aromatic N) is 6. The van der Waals surface area contributed by atoms with Gasteiger partial charge in [0.05, 0.1) is 54.4 Å². The molecule has 2 aromatic carbocycles. The van der Waals surface area contributed by atoms with Gasteiger partial charge in [-0.05, 0) is 63.6 Å². The first kappa shape index (κ1) is 47.0. The summed E-state index contributed by atoms with van der Waals surface area (Å²) in [5.74, 6) is 0. The van der Waals surface area contributed by atoms with Crippen molar-refractivity contribution in [2.45, 2.75) is 38.9 Å².